The Kier molecular flexibility index (Phi) is 4.44. The van der Waals surface area contributed by atoms with Crippen molar-refractivity contribution in [3.05, 3.63) is 23.8 Å². The van der Waals surface area contributed by atoms with Crippen molar-refractivity contribution in [2.45, 2.75) is 6.92 Å². The molecule has 0 bridgehead atoms. The molecule has 1 saturated heterocycles. The number of nitrogens with zero attached hydrogens (tertiary/aromatic N) is 2. The van der Waals surface area contributed by atoms with E-state index in [1.54, 1.807) is 0 Å². The lowest BCUT2D eigenvalue weighted by Gasteiger charge is -2.30. The number of amidine groups is 1. The number of alkyl halides is 1. The first-order valence-electron chi connectivity index (χ1n) is 6.03. The van der Waals surface area contributed by atoms with Crippen LogP contribution in [-0.2, 0) is 4.74 Å². The van der Waals surface area contributed by atoms with Gasteiger partial charge in [-0.1, -0.05) is 6.07 Å². The minimum atomic E-state index is 0.247. The second-order valence-electron chi connectivity index (χ2n) is 4.33. The van der Waals surface area contributed by atoms with Gasteiger partial charge in [-0.05, 0) is 24.6 Å². The summed E-state index contributed by atoms with van der Waals surface area (Å²) < 4.78 is 5.36. The molecule has 18 heavy (non-hydrogen) atoms. The fourth-order valence-electron chi connectivity index (χ4n) is 1.98. The molecule has 0 radical (unpaired) electrons. The minimum Gasteiger partial charge on any atom is -0.386 e. The maximum absolute atomic E-state index is 5.73. The molecule has 5 heteroatoms. The molecule has 2 N–H and O–H groups in total. The van der Waals surface area contributed by atoms with Crippen molar-refractivity contribution >= 4 is 28.8 Å². The van der Waals surface area contributed by atoms with Gasteiger partial charge in [-0.25, -0.2) is 4.99 Å². The number of aliphatic imine (C=N–C) groups is 1. The van der Waals surface area contributed by atoms with E-state index in [2.05, 4.69) is 22.0 Å². The van der Waals surface area contributed by atoms with Crippen LogP contribution in [0.4, 0.5) is 11.4 Å². The summed E-state index contributed by atoms with van der Waals surface area (Å²) in [5, 5.41) is 0. The van der Waals surface area contributed by atoms with Crippen molar-refractivity contribution in [3.8, 4) is 0 Å². The van der Waals surface area contributed by atoms with E-state index in [9.17, 15) is 0 Å². The highest BCUT2D eigenvalue weighted by atomic mass is 35.5. The number of halogens is 1. The number of aryl methyl sites for hydroxylation is 1. The molecule has 1 heterocycles. The molecule has 2 rings (SSSR count). The molecule has 0 saturated carbocycles. The Hall–Kier alpha value is -1.26. The molecule has 0 unspecified atom stereocenters. The Morgan fingerprint density at radius 2 is 2.17 bits per heavy atom. The quantitative estimate of drug-likeness (QED) is 0.518. The summed E-state index contributed by atoms with van der Waals surface area (Å²) in [5.41, 5.74) is 8.87. The molecule has 98 valence electrons. The zero-order valence-corrected chi connectivity index (χ0v) is 11.3. The van der Waals surface area contributed by atoms with E-state index in [0.717, 1.165) is 43.2 Å². The predicted molar refractivity (Wildman–Crippen MR) is 76.2 cm³/mol. The first-order chi connectivity index (χ1) is 8.70. The van der Waals surface area contributed by atoms with Gasteiger partial charge < -0.3 is 15.4 Å². The van der Waals surface area contributed by atoms with Crippen molar-refractivity contribution in [1.29, 1.82) is 0 Å². The molecule has 0 spiro atoms. The second-order valence-corrected chi connectivity index (χ2v) is 4.60. The predicted octanol–water partition coefficient (Wildman–Crippen LogP) is 2.06. The first kappa shape index (κ1) is 13.2. The van der Waals surface area contributed by atoms with Crippen molar-refractivity contribution in [2.75, 3.05) is 37.1 Å². The van der Waals surface area contributed by atoms with Gasteiger partial charge in [0.25, 0.3) is 0 Å². The van der Waals surface area contributed by atoms with Crippen molar-refractivity contribution in [2.24, 2.45) is 10.7 Å². The average Bonchev–Trinajstić information content (AvgIpc) is 2.40. The van der Waals surface area contributed by atoms with Crippen LogP contribution >= 0.6 is 11.6 Å². The summed E-state index contributed by atoms with van der Waals surface area (Å²) in [4.78, 5) is 6.66. The van der Waals surface area contributed by atoms with Crippen LogP contribution in [0.15, 0.2) is 23.2 Å². The molecule has 0 aromatic heterocycles. The van der Waals surface area contributed by atoms with Crippen molar-refractivity contribution < 1.29 is 4.74 Å². The topological polar surface area (TPSA) is 50.8 Å². The Morgan fingerprint density at radius 1 is 1.44 bits per heavy atom. The number of ether oxygens (including phenoxy) is 1. The van der Waals surface area contributed by atoms with Gasteiger partial charge in [-0.3, -0.25) is 0 Å². The van der Waals surface area contributed by atoms with Crippen LogP contribution in [0.2, 0.25) is 0 Å². The molecule has 1 aromatic carbocycles. The van der Waals surface area contributed by atoms with Gasteiger partial charge in [-0.2, -0.15) is 0 Å². The van der Waals surface area contributed by atoms with E-state index in [1.165, 1.54) is 0 Å². The Balaban J connectivity index is 2.33. The molecule has 0 aliphatic carbocycles. The molecular formula is C13H18ClN3O. The normalized spacial score (nSPS) is 17.0. The number of rotatable bonds is 3. The van der Waals surface area contributed by atoms with Gasteiger partial charge in [0.05, 0.1) is 30.5 Å². The number of nitrogens with two attached hydrogens (primary N) is 1. The van der Waals surface area contributed by atoms with E-state index < -0.39 is 0 Å². The van der Waals surface area contributed by atoms with Crippen molar-refractivity contribution in [3.63, 3.8) is 0 Å². The van der Waals surface area contributed by atoms with E-state index in [0.29, 0.717) is 5.84 Å². The van der Waals surface area contributed by atoms with Gasteiger partial charge in [-0.15, -0.1) is 11.6 Å². The highest BCUT2D eigenvalue weighted by molar-refractivity contribution is 6.28. The van der Waals surface area contributed by atoms with Crippen LogP contribution in [0, 0.1) is 6.92 Å². The van der Waals surface area contributed by atoms with E-state index >= 15 is 0 Å². The SMILES string of the molecule is Cc1ccc(N2CCOCC2)c(N=C(N)CCl)c1. The fourth-order valence-corrected chi connectivity index (χ4v) is 2.04. The highest BCUT2D eigenvalue weighted by Crippen LogP contribution is 2.30. The Bertz CT molecular complexity index is 442. The second kappa shape index (κ2) is 6.07. The Labute approximate surface area is 112 Å². The van der Waals surface area contributed by atoms with Gasteiger partial charge >= 0.3 is 0 Å². The largest absolute Gasteiger partial charge is 0.386 e. The number of hydrogen-bond acceptors (Lipinski definition) is 3. The zero-order chi connectivity index (χ0) is 13.0. The number of anilines is 1. The Morgan fingerprint density at radius 3 is 2.83 bits per heavy atom. The maximum atomic E-state index is 5.73. The summed E-state index contributed by atoms with van der Waals surface area (Å²) in [6.07, 6.45) is 0. The summed E-state index contributed by atoms with van der Waals surface area (Å²) in [6.45, 7) is 5.31. The van der Waals surface area contributed by atoms with E-state index in [4.69, 9.17) is 22.1 Å². The van der Waals surface area contributed by atoms with Crippen LogP contribution in [0.1, 0.15) is 5.56 Å². The zero-order valence-electron chi connectivity index (χ0n) is 10.5. The van der Waals surface area contributed by atoms with Crippen LogP contribution in [0.25, 0.3) is 0 Å². The van der Waals surface area contributed by atoms with Crippen LogP contribution in [0.5, 0.6) is 0 Å². The lowest BCUT2D eigenvalue weighted by Crippen LogP contribution is -2.36. The van der Waals surface area contributed by atoms with E-state index in [-0.39, 0.29) is 5.88 Å². The monoisotopic (exact) mass is 267 g/mol. The third kappa shape index (κ3) is 3.15. The van der Waals surface area contributed by atoms with Gasteiger partial charge in [0, 0.05) is 13.1 Å². The molecule has 1 aliphatic rings. The molecule has 1 aromatic rings. The average molecular weight is 268 g/mol. The first-order valence-corrected chi connectivity index (χ1v) is 6.56. The molecule has 4 nitrogen and oxygen atoms in total. The van der Waals surface area contributed by atoms with E-state index in [1.807, 2.05) is 13.0 Å². The van der Waals surface area contributed by atoms with Gasteiger partial charge in [0.15, 0.2) is 0 Å². The van der Waals surface area contributed by atoms with Crippen LogP contribution in [-0.4, -0.2) is 38.0 Å². The standard InChI is InChI=1S/C13H18ClN3O/c1-10-2-3-12(17-4-6-18-7-5-17)11(8-10)16-13(15)9-14/h2-3,8H,4-7,9H2,1H3,(H2,15,16). The fraction of sp³-hybridized carbons (Fsp3) is 0.462. The van der Waals surface area contributed by atoms with Gasteiger partial charge in [0.1, 0.15) is 5.84 Å². The highest BCUT2D eigenvalue weighted by Gasteiger charge is 2.14. The summed E-state index contributed by atoms with van der Waals surface area (Å²) in [7, 11) is 0. The summed E-state index contributed by atoms with van der Waals surface area (Å²) in [5.74, 6) is 0.688. The number of benzene rings is 1. The molecule has 0 atom stereocenters. The lowest BCUT2D eigenvalue weighted by molar-refractivity contribution is 0.123. The third-order valence-electron chi connectivity index (χ3n) is 2.88. The number of morpholine rings is 1. The summed E-state index contributed by atoms with van der Waals surface area (Å²) in [6, 6.07) is 6.20. The molecule has 0 amide bonds. The number of hydrogen-bond donors (Lipinski definition) is 1. The smallest absolute Gasteiger partial charge is 0.115 e. The van der Waals surface area contributed by atoms with Crippen molar-refractivity contribution in [1.82, 2.24) is 0 Å². The van der Waals surface area contributed by atoms with Gasteiger partial charge in [0.2, 0.25) is 0 Å². The maximum Gasteiger partial charge on any atom is 0.115 e. The molecular weight excluding hydrogens is 250 g/mol. The molecule has 1 aliphatic heterocycles. The lowest BCUT2D eigenvalue weighted by atomic mass is 10.1. The van der Waals surface area contributed by atoms with Crippen LogP contribution in [0.3, 0.4) is 0 Å². The molecule has 1 fully saturated rings. The summed E-state index contributed by atoms with van der Waals surface area (Å²) >= 11 is 5.69. The minimum absolute atomic E-state index is 0.247. The third-order valence-corrected chi connectivity index (χ3v) is 3.16. The van der Waals surface area contributed by atoms with Crippen LogP contribution < -0.4 is 10.6 Å².